The fourth-order valence-corrected chi connectivity index (χ4v) is 2.24. The molecule has 0 aliphatic carbocycles. The number of hydrogen-bond acceptors (Lipinski definition) is 4. The minimum absolute atomic E-state index is 0.0668. The van der Waals surface area contributed by atoms with E-state index < -0.39 is 0 Å². The number of aryl methyl sites for hydroxylation is 2. The summed E-state index contributed by atoms with van der Waals surface area (Å²) >= 11 is 0. The van der Waals surface area contributed by atoms with Crippen molar-refractivity contribution in [3.8, 4) is 5.82 Å². The average molecular weight is 254 g/mol. The van der Waals surface area contributed by atoms with E-state index in [-0.39, 0.29) is 6.61 Å². The van der Waals surface area contributed by atoms with Crippen molar-refractivity contribution >= 4 is 11.0 Å². The van der Waals surface area contributed by atoms with Crippen molar-refractivity contribution in [1.82, 2.24) is 20.0 Å². The number of para-hydroxylation sites is 1. The molecule has 0 fully saturated rings. The zero-order valence-corrected chi connectivity index (χ0v) is 10.8. The summed E-state index contributed by atoms with van der Waals surface area (Å²) in [7, 11) is 0. The Balaban J connectivity index is 2.32. The lowest BCUT2D eigenvalue weighted by Crippen LogP contribution is -2.07. The molecule has 1 aromatic carbocycles. The van der Waals surface area contributed by atoms with Crippen LogP contribution in [0.3, 0.4) is 0 Å². The van der Waals surface area contributed by atoms with Gasteiger partial charge >= 0.3 is 0 Å². The van der Waals surface area contributed by atoms with Crippen LogP contribution in [0.25, 0.3) is 16.9 Å². The molecular formula is C14H14N4O. The van der Waals surface area contributed by atoms with Gasteiger partial charge in [-0.15, -0.1) is 5.10 Å². The molecule has 0 saturated carbocycles. The smallest absolute Gasteiger partial charge is 0.161 e. The van der Waals surface area contributed by atoms with Crippen LogP contribution in [0, 0.1) is 13.8 Å². The Bertz CT molecular complexity index is 748. The number of pyridine rings is 1. The fourth-order valence-electron chi connectivity index (χ4n) is 2.24. The number of benzene rings is 1. The molecule has 5 heteroatoms. The molecule has 96 valence electrons. The van der Waals surface area contributed by atoms with Gasteiger partial charge in [-0.3, -0.25) is 0 Å². The fraction of sp³-hybridized carbons (Fsp3) is 0.214. The topological polar surface area (TPSA) is 63.8 Å². The van der Waals surface area contributed by atoms with E-state index in [2.05, 4.69) is 15.3 Å². The lowest BCUT2D eigenvalue weighted by Gasteiger charge is -2.11. The maximum absolute atomic E-state index is 9.56. The van der Waals surface area contributed by atoms with E-state index in [4.69, 9.17) is 0 Å². The van der Waals surface area contributed by atoms with Crippen LogP contribution in [0.4, 0.5) is 0 Å². The van der Waals surface area contributed by atoms with Crippen molar-refractivity contribution in [3.05, 3.63) is 47.2 Å². The highest BCUT2D eigenvalue weighted by Gasteiger charge is 2.13. The molecule has 0 bridgehead atoms. The summed E-state index contributed by atoms with van der Waals surface area (Å²) in [6.07, 6.45) is 0. The van der Waals surface area contributed by atoms with E-state index in [9.17, 15) is 5.11 Å². The Morgan fingerprint density at radius 1 is 1.21 bits per heavy atom. The molecule has 0 unspecified atom stereocenters. The van der Waals surface area contributed by atoms with Crippen LogP contribution in [0.2, 0.25) is 0 Å². The molecule has 0 saturated heterocycles. The molecule has 0 radical (unpaired) electrons. The number of aliphatic hydroxyl groups is 1. The minimum atomic E-state index is -0.0668. The molecule has 2 heterocycles. The van der Waals surface area contributed by atoms with Crippen molar-refractivity contribution in [2.75, 3.05) is 0 Å². The highest BCUT2D eigenvalue weighted by molar-refractivity contribution is 5.75. The number of rotatable bonds is 2. The Kier molecular flexibility index (Phi) is 2.76. The van der Waals surface area contributed by atoms with E-state index in [0.717, 1.165) is 27.9 Å². The van der Waals surface area contributed by atoms with Gasteiger partial charge in [-0.25, -0.2) is 4.98 Å². The summed E-state index contributed by atoms with van der Waals surface area (Å²) in [5, 5.41) is 17.8. The van der Waals surface area contributed by atoms with Gasteiger partial charge in [0.2, 0.25) is 0 Å². The average Bonchev–Trinajstić information content (AvgIpc) is 2.81. The van der Waals surface area contributed by atoms with Gasteiger partial charge < -0.3 is 5.11 Å². The number of hydrogen-bond donors (Lipinski definition) is 1. The maximum atomic E-state index is 9.56. The van der Waals surface area contributed by atoms with Crippen LogP contribution < -0.4 is 0 Å². The zero-order valence-electron chi connectivity index (χ0n) is 10.8. The number of nitrogens with zero attached hydrogens (tertiary/aromatic N) is 4. The molecule has 0 aliphatic rings. The van der Waals surface area contributed by atoms with Gasteiger partial charge in [-0.1, -0.05) is 17.3 Å². The summed E-state index contributed by atoms with van der Waals surface area (Å²) in [5.41, 5.74) is 4.37. The van der Waals surface area contributed by atoms with Gasteiger partial charge in [0.15, 0.2) is 5.82 Å². The summed E-state index contributed by atoms with van der Waals surface area (Å²) in [5.74, 6) is 0.647. The quantitative estimate of drug-likeness (QED) is 0.759. The number of aliphatic hydroxyl groups excluding tert-OH is 1. The van der Waals surface area contributed by atoms with Crippen LogP contribution in [0.5, 0.6) is 0 Å². The predicted molar refractivity (Wildman–Crippen MR) is 72.1 cm³/mol. The second kappa shape index (κ2) is 4.44. The summed E-state index contributed by atoms with van der Waals surface area (Å²) < 4.78 is 1.68. The lowest BCUT2D eigenvalue weighted by molar-refractivity contribution is 0.280. The second-order valence-electron chi connectivity index (χ2n) is 4.53. The third kappa shape index (κ3) is 1.88. The summed E-state index contributed by atoms with van der Waals surface area (Å²) in [6, 6.07) is 9.65. The first-order valence-electron chi connectivity index (χ1n) is 6.09. The first kappa shape index (κ1) is 11.8. The van der Waals surface area contributed by atoms with Gasteiger partial charge in [0.25, 0.3) is 0 Å². The zero-order chi connectivity index (χ0) is 13.4. The van der Waals surface area contributed by atoms with Gasteiger partial charge in [0.05, 0.1) is 12.1 Å². The first-order chi connectivity index (χ1) is 9.20. The van der Waals surface area contributed by atoms with Crippen LogP contribution in [0.15, 0.2) is 30.3 Å². The van der Waals surface area contributed by atoms with E-state index in [1.807, 2.05) is 44.2 Å². The van der Waals surface area contributed by atoms with E-state index in [1.165, 1.54) is 0 Å². The van der Waals surface area contributed by atoms with Crippen molar-refractivity contribution < 1.29 is 5.11 Å². The summed E-state index contributed by atoms with van der Waals surface area (Å²) in [4.78, 5) is 4.50. The van der Waals surface area contributed by atoms with E-state index >= 15 is 0 Å². The highest BCUT2D eigenvalue weighted by Crippen LogP contribution is 2.21. The van der Waals surface area contributed by atoms with Gasteiger partial charge in [0, 0.05) is 11.3 Å². The number of aromatic nitrogens is 4. The predicted octanol–water partition coefficient (Wildman–Crippen LogP) is 1.92. The molecule has 19 heavy (non-hydrogen) atoms. The van der Waals surface area contributed by atoms with E-state index in [0.29, 0.717) is 5.82 Å². The SMILES string of the molecule is Cc1cc(C)c(CO)c(-n2nnc3ccccc32)n1. The van der Waals surface area contributed by atoms with Crippen molar-refractivity contribution in [3.63, 3.8) is 0 Å². The minimum Gasteiger partial charge on any atom is -0.392 e. The van der Waals surface area contributed by atoms with Crippen LogP contribution >= 0.6 is 0 Å². The van der Waals surface area contributed by atoms with Gasteiger partial charge in [0.1, 0.15) is 5.52 Å². The molecule has 2 aromatic heterocycles. The normalized spacial score (nSPS) is 11.1. The summed E-state index contributed by atoms with van der Waals surface area (Å²) in [6.45, 7) is 3.82. The van der Waals surface area contributed by atoms with Crippen LogP contribution in [-0.2, 0) is 6.61 Å². The Morgan fingerprint density at radius 2 is 2.00 bits per heavy atom. The molecule has 5 nitrogen and oxygen atoms in total. The monoisotopic (exact) mass is 254 g/mol. The van der Waals surface area contributed by atoms with Crippen molar-refractivity contribution in [1.29, 1.82) is 0 Å². The molecule has 0 spiro atoms. The maximum Gasteiger partial charge on any atom is 0.161 e. The molecular weight excluding hydrogens is 240 g/mol. The Hall–Kier alpha value is -2.27. The van der Waals surface area contributed by atoms with Crippen molar-refractivity contribution in [2.45, 2.75) is 20.5 Å². The molecule has 3 rings (SSSR count). The highest BCUT2D eigenvalue weighted by atomic mass is 16.3. The largest absolute Gasteiger partial charge is 0.392 e. The van der Waals surface area contributed by atoms with E-state index in [1.54, 1.807) is 4.68 Å². The Labute approximate surface area is 110 Å². The third-order valence-corrected chi connectivity index (χ3v) is 3.16. The van der Waals surface area contributed by atoms with Crippen molar-refractivity contribution in [2.24, 2.45) is 0 Å². The number of fused-ring (bicyclic) bond motifs is 1. The Morgan fingerprint density at radius 3 is 2.79 bits per heavy atom. The second-order valence-corrected chi connectivity index (χ2v) is 4.53. The standard InChI is InChI=1S/C14H14N4O/c1-9-7-10(2)15-14(11(9)8-19)18-13-6-4-3-5-12(13)16-17-18/h3-7,19H,8H2,1-2H3. The van der Waals surface area contributed by atoms with Gasteiger partial charge in [-0.05, 0) is 37.6 Å². The molecule has 0 amide bonds. The lowest BCUT2D eigenvalue weighted by atomic mass is 10.1. The molecule has 3 aromatic rings. The molecule has 0 aliphatic heterocycles. The third-order valence-electron chi connectivity index (χ3n) is 3.16. The first-order valence-corrected chi connectivity index (χ1v) is 6.09. The van der Waals surface area contributed by atoms with Crippen LogP contribution in [0.1, 0.15) is 16.8 Å². The molecule has 1 N–H and O–H groups in total. The molecule has 0 atom stereocenters. The van der Waals surface area contributed by atoms with Crippen LogP contribution in [-0.4, -0.2) is 25.1 Å². The van der Waals surface area contributed by atoms with Gasteiger partial charge in [-0.2, -0.15) is 4.68 Å².